The second-order valence-electron chi connectivity index (χ2n) is 19.2. The third-order valence-corrected chi connectivity index (χ3v) is 15.7. The summed E-state index contributed by atoms with van der Waals surface area (Å²) in [5.74, 6) is 1.54. The van der Waals surface area contributed by atoms with Gasteiger partial charge in [-0.05, 0) is 136 Å². The number of rotatable bonds is 21. The zero-order valence-corrected chi connectivity index (χ0v) is 47.6. The van der Waals surface area contributed by atoms with Crippen molar-refractivity contribution in [1.82, 2.24) is 24.7 Å². The molecule has 2 aliphatic rings. The van der Waals surface area contributed by atoms with Gasteiger partial charge >= 0.3 is 0 Å². The summed E-state index contributed by atoms with van der Waals surface area (Å²) in [4.78, 5) is 20.7. The lowest BCUT2D eigenvalue weighted by Crippen LogP contribution is -2.17. The largest absolute Gasteiger partial charge is 0.400 e. The first-order valence-corrected chi connectivity index (χ1v) is 28.7. The number of nitrogens with two attached hydrogens (primary N) is 2. The molecule has 1 saturated carbocycles. The second-order valence-corrected chi connectivity index (χ2v) is 21.2. The standard InChI is InChI=1S/C33H41N5S.C29H30N6S.C2H6/c1-7-26(8-2)20-27(9-3)15-14-24(5)35-21-23(4)32-22-36-33(39-32)38-29-18-16-28(17-19-29)25(6)37-31-13-11-10-12-30(31)34;1-19(33-25-10-3-2-9-24(25)30)21-12-14-22(15-13-21)34-29-32-18-27(36-29)26-17-31-28-11-5-8-23(35(26)28)16-20-6-4-7-20;1-2/h9-19,21-22,26,37H,6-8,20,34H2,1-5H3,(H,36,38);3,5,8,10-15,17-18,20,33H,1-2,4,6-7,9,16,30H2,(H,32,34);1-2H3/b15-14-,23-21+,27-9+,35-24-;;. The smallest absolute Gasteiger partial charge is 0.187 e. The number of anilines is 6. The van der Waals surface area contributed by atoms with Gasteiger partial charge in [0.25, 0.3) is 0 Å². The van der Waals surface area contributed by atoms with Gasteiger partial charge in [0.1, 0.15) is 5.65 Å². The van der Waals surface area contributed by atoms with Gasteiger partial charge in [0.2, 0.25) is 0 Å². The molecular formula is C64H77N11S2. The second kappa shape index (κ2) is 28.4. The molecule has 0 spiro atoms. The van der Waals surface area contributed by atoms with Gasteiger partial charge in [-0.15, -0.1) is 0 Å². The summed E-state index contributed by atoms with van der Waals surface area (Å²) in [5, 5.41) is 15.1. The highest BCUT2D eigenvalue weighted by atomic mass is 32.1. The number of nitrogens with zero attached hydrogens (tertiary/aromatic N) is 5. The molecule has 1 fully saturated rings. The van der Waals surface area contributed by atoms with E-state index in [-0.39, 0.29) is 0 Å². The van der Waals surface area contributed by atoms with Crippen LogP contribution in [0, 0.1) is 11.8 Å². The molecule has 0 atom stereocenters. The van der Waals surface area contributed by atoms with E-state index in [9.17, 15) is 0 Å². The van der Waals surface area contributed by atoms with Crippen molar-refractivity contribution in [2.45, 2.75) is 106 Å². The third kappa shape index (κ3) is 15.9. The van der Waals surface area contributed by atoms with Crippen LogP contribution in [-0.4, -0.2) is 25.1 Å². The van der Waals surface area contributed by atoms with Crippen molar-refractivity contribution >= 4 is 84.0 Å². The van der Waals surface area contributed by atoms with Crippen LogP contribution in [0.2, 0.25) is 0 Å². The van der Waals surface area contributed by atoms with Gasteiger partial charge < -0.3 is 32.7 Å². The molecular weight excluding hydrogens is 987 g/mol. The Morgan fingerprint density at radius 1 is 0.792 bits per heavy atom. The Morgan fingerprint density at radius 2 is 1.45 bits per heavy atom. The van der Waals surface area contributed by atoms with Crippen LogP contribution in [0.5, 0.6) is 0 Å². The van der Waals surface area contributed by atoms with Crippen LogP contribution < -0.4 is 32.7 Å². The summed E-state index contributed by atoms with van der Waals surface area (Å²) in [6.07, 6.45) is 28.9. The molecule has 0 saturated heterocycles. The molecule has 8 N–H and O–H groups in total. The molecule has 9 rings (SSSR count). The minimum atomic E-state index is 0.688. The van der Waals surface area contributed by atoms with Crippen LogP contribution in [-0.2, 0) is 6.42 Å². The van der Waals surface area contributed by atoms with E-state index in [0.717, 1.165) is 131 Å². The molecule has 2 aliphatic carbocycles. The van der Waals surface area contributed by atoms with Crippen molar-refractivity contribution in [3.63, 3.8) is 0 Å². The first-order chi connectivity index (χ1) is 37.5. The zero-order chi connectivity index (χ0) is 54.7. The normalized spacial score (nSPS) is 13.9. The van der Waals surface area contributed by atoms with Crippen LogP contribution in [0.15, 0.2) is 181 Å². The van der Waals surface area contributed by atoms with E-state index in [2.05, 4.69) is 129 Å². The summed E-state index contributed by atoms with van der Waals surface area (Å²) in [7, 11) is 0. The minimum Gasteiger partial charge on any atom is -0.400 e. The summed E-state index contributed by atoms with van der Waals surface area (Å²) < 4.78 is 2.30. The molecule has 4 aromatic heterocycles. The Balaban J connectivity index is 0.000000217. The van der Waals surface area contributed by atoms with E-state index >= 15 is 0 Å². The lowest BCUT2D eigenvalue weighted by atomic mass is 9.82. The predicted molar refractivity (Wildman–Crippen MR) is 334 cm³/mol. The van der Waals surface area contributed by atoms with E-state index in [1.165, 1.54) is 43.4 Å². The average Bonchev–Trinajstić information content (AvgIpc) is 4.24. The van der Waals surface area contributed by atoms with Crippen molar-refractivity contribution in [1.29, 1.82) is 0 Å². The number of thiazole rings is 2. The minimum absolute atomic E-state index is 0.688. The maximum absolute atomic E-state index is 6.12. The molecule has 11 nitrogen and oxygen atoms in total. The van der Waals surface area contributed by atoms with E-state index < -0.39 is 0 Å². The molecule has 0 aliphatic heterocycles. The lowest BCUT2D eigenvalue weighted by Gasteiger charge is -2.25. The summed E-state index contributed by atoms with van der Waals surface area (Å²) in [6, 6.07) is 30.3. The number of hydrogen-bond acceptors (Lipinski definition) is 12. The predicted octanol–water partition coefficient (Wildman–Crippen LogP) is 17.4. The van der Waals surface area contributed by atoms with Crippen LogP contribution in [0.4, 0.5) is 33.0 Å². The van der Waals surface area contributed by atoms with Crippen molar-refractivity contribution < 1.29 is 0 Å². The van der Waals surface area contributed by atoms with E-state index in [1.807, 2.05) is 124 Å². The van der Waals surface area contributed by atoms with Crippen LogP contribution in [0.1, 0.15) is 122 Å². The van der Waals surface area contributed by atoms with Gasteiger partial charge in [-0.2, -0.15) is 0 Å². The number of fused-ring (bicyclic) bond motifs is 1. The molecule has 0 unspecified atom stereocenters. The number of pyridine rings is 1. The molecule has 3 aromatic carbocycles. The molecule has 0 amide bonds. The number of para-hydroxylation sites is 2. The fraction of sp³-hybridized carbons (Fsp3) is 0.281. The first kappa shape index (κ1) is 57.0. The Labute approximate surface area is 465 Å². The van der Waals surface area contributed by atoms with E-state index in [0.29, 0.717) is 5.69 Å². The molecule has 400 valence electrons. The number of allylic oxidation sites excluding steroid dienone is 8. The molecule has 7 aromatic rings. The fourth-order valence-electron chi connectivity index (χ4n) is 8.76. The quantitative estimate of drug-likeness (QED) is 0.0234. The van der Waals surface area contributed by atoms with E-state index in [4.69, 9.17) is 11.5 Å². The maximum atomic E-state index is 6.12. The number of hydrogen-bond donors (Lipinski definition) is 6. The SMILES string of the molecule is C=C(NC1=C(N)CCC=C1)c1ccc(Nc2ncc(-c3cnc4cccc(CC5CCC5)n34)s2)cc1.C=C(Nc1ccccc1N)c1ccc(Nc2ncc(/C(C)=C/N=C(C)\C=C/C(=C\C)CC(CC)CC)s2)cc1.CC. The van der Waals surface area contributed by atoms with Gasteiger partial charge in [0.05, 0.1) is 38.7 Å². The topological polar surface area (TPSA) is 156 Å². The fourth-order valence-corrected chi connectivity index (χ4v) is 10.4. The highest BCUT2D eigenvalue weighted by Gasteiger charge is 2.21. The molecule has 0 radical (unpaired) electrons. The zero-order valence-electron chi connectivity index (χ0n) is 46.0. The molecule has 0 bridgehead atoms. The Kier molecular flexibility index (Phi) is 21.0. The van der Waals surface area contributed by atoms with Crippen molar-refractivity contribution in [3.05, 3.63) is 198 Å². The van der Waals surface area contributed by atoms with Crippen LogP contribution in [0.25, 0.3) is 33.2 Å². The maximum Gasteiger partial charge on any atom is 0.187 e. The van der Waals surface area contributed by atoms with Gasteiger partial charge in [-0.1, -0.05) is 162 Å². The van der Waals surface area contributed by atoms with Gasteiger partial charge in [0.15, 0.2) is 10.3 Å². The third-order valence-electron chi connectivity index (χ3n) is 13.7. The number of imidazole rings is 1. The molecule has 77 heavy (non-hydrogen) atoms. The van der Waals surface area contributed by atoms with Gasteiger partial charge in [0, 0.05) is 58.5 Å². The van der Waals surface area contributed by atoms with E-state index in [1.54, 1.807) is 22.7 Å². The highest BCUT2D eigenvalue weighted by molar-refractivity contribution is 7.19. The number of aliphatic imine (C=N–C) groups is 1. The first-order valence-electron chi connectivity index (χ1n) is 27.0. The van der Waals surface area contributed by atoms with Crippen LogP contribution >= 0.6 is 22.7 Å². The van der Waals surface area contributed by atoms with Gasteiger partial charge in [-0.25, -0.2) is 15.0 Å². The Hall–Kier alpha value is -7.74. The van der Waals surface area contributed by atoms with Gasteiger partial charge in [-0.3, -0.25) is 9.39 Å². The van der Waals surface area contributed by atoms with Crippen LogP contribution in [0.3, 0.4) is 0 Å². The van der Waals surface area contributed by atoms with Crippen molar-refractivity contribution in [3.8, 4) is 10.6 Å². The Bertz CT molecular complexity index is 3260. The number of benzene rings is 3. The Morgan fingerprint density at radius 3 is 2.09 bits per heavy atom. The monoisotopic (exact) mass is 1060 g/mol. The lowest BCUT2D eigenvalue weighted by molar-refractivity contribution is 0.311. The van der Waals surface area contributed by atoms with Crippen molar-refractivity contribution in [2.24, 2.45) is 22.6 Å². The van der Waals surface area contributed by atoms with Crippen molar-refractivity contribution in [2.75, 3.05) is 21.7 Å². The summed E-state index contributed by atoms with van der Waals surface area (Å²) in [5.41, 5.74) is 27.9. The highest BCUT2D eigenvalue weighted by Crippen LogP contribution is 2.35. The molecule has 13 heteroatoms. The summed E-state index contributed by atoms with van der Waals surface area (Å²) in [6.45, 7) is 23.1. The molecule has 4 heterocycles. The number of nitrogens with one attached hydrogen (secondary N) is 4. The average molecular weight is 1060 g/mol. The number of aromatic nitrogens is 4. The number of nitrogen functional groups attached to an aromatic ring is 1. The summed E-state index contributed by atoms with van der Waals surface area (Å²) >= 11 is 3.25.